The number of rotatable bonds is 13. The summed E-state index contributed by atoms with van der Waals surface area (Å²) >= 11 is 3.49. The van der Waals surface area contributed by atoms with Gasteiger partial charge in [0.2, 0.25) is 13.9 Å². The maximum atomic E-state index is 13.8. The summed E-state index contributed by atoms with van der Waals surface area (Å²) in [6.07, 6.45) is -0.0295. The smallest absolute Gasteiger partial charge is 0.329 e. The quantitative estimate of drug-likeness (QED) is 0.188. The first-order chi connectivity index (χ1) is 16.9. The molecule has 3 aromatic rings. The first-order valence-electron chi connectivity index (χ1n) is 11.7. The van der Waals surface area contributed by atoms with Gasteiger partial charge in [-0.05, 0) is 73.4 Å². The van der Waals surface area contributed by atoms with E-state index in [9.17, 15) is 9.36 Å². The Balaban J connectivity index is 2.31. The van der Waals surface area contributed by atoms with Crippen LogP contribution in [-0.4, -0.2) is 32.0 Å². The van der Waals surface area contributed by atoms with Crippen LogP contribution in [0.3, 0.4) is 0 Å². The summed E-state index contributed by atoms with van der Waals surface area (Å²) in [7, 11) is -5.33. The van der Waals surface area contributed by atoms with Crippen molar-refractivity contribution in [1.29, 1.82) is 0 Å². The lowest BCUT2D eigenvalue weighted by Gasteiger charge is -2.23. The zero-order valence-electron chi connectivity index (χ0n) is 20.5. The maximum absolute atomic E-state index is 13.8. The molecule has 0 fully saturated rings. The highest BCUT2D eigenvalue weighted by atomic mass is 79.9. The van der Waals surface area contributed by atoms with Crippen LogP contribution in [-0.2, 0) is 28.8 Å². The minimum absolute atomic E-state index is 0.0295. The Bertz CT molecular complexity index is 1180. The zero-order chi connectivity index (χ0) is 25.4. The van der Waals surface area contributed by atoms with E-state index in [0.717, 1.165) is 26.4 Å². The van der Waals surface area contributed by atoms with Gasteiger partial charge in [0.1, 0.15) is 0 Å². The summed E-state index contributed by atoms with van der Waals surface area (Å²) in [4.78, 5) is 13.8. The Morgan fingerprint density at radius 2 is 1.43 bits per heavy atom. The summed E-state index contributed by atoms with van der Waals surface area (Å²) in [5, 5.41) is 1.76. The van der Waals surface area contributed by atoms with E-state index in [1.807, 2.05) is 68.4 Å². The van der Waals surface area contributed by atoms with Crippen molar-refractivity contribution < 1.29 is 27.5 Å². The molecule has 0 bridgehead atoms. The van der Waals surface area contributed by atoms with Crippen LogP contribution in [0.4, 0.5) is 0 Å². The summed E-state index contributed by atoms with van der Waals surface area (Å²) in [5.41, 5.74) is 2.62. The summed E-state index contributed by atoms with van der Waals surface area (Å²) < 4.78 is 37.2. The van der Waals surface area contributed by atoms with E-state index in [1.165, 1.54) is 0 Å². The lowest BCUT2D eigenvalue weighted by molar-refractivity contribution is 0.103. The Morgan fingerprint density at radius 3 is 1.97 bits per heavy atom. The van der Waals surface area contributed by atoms with Gasteiger partial charge in [-0.25, -0.2) is 0 Å². The van der Waals surface area contributed by atoms with Gasteiger partial charge >= 0.3 is 7.60 Å². The molecule has 3 aromatic carbocycles. The molecule has 0 radical (unpaired) electrons. The molecule has 0 aliphatic rings. The molecular formula is C26H31BrO6P2. The molecule has 0 saturated heterocycles. The van der Waals surface area contributed by atoms with Gasteiger partial charge in [-0.2, -0.15) is 0 Å². The fourth-order valence-corrected chi connectivity index (χ4v) is 7.08. The molecule has 0 heterocycles. The molecule has 0 aromatic heterocycles. The minimum Gasteiger partial charge on any atom is -0.329 e. The third-order valence-corrected chi connectivity index (χ3v) is 9.30. The van der Waals surface area contributed by atoms with Crippen molar-refractivity contribution in [2.75, 3.05) is 26.4 Å². The predicted octanol–water partition coefficient (Wildman–Crippen LogP) is 8.56. The second-order valence-electron chi connectivity index (χ2n) is 7.51. The van der Waals surface area contributed by atoms with Crippen LogP contribution >= 0.6 is 31.9 Å². The van der Waals surface area contributed by atoms with Gasteiger partial charge in [0.15, 0.2) is 0 Å². The summed E-state index contributed by atoms with van der Waals surface area (Å²) in [6, 6.07) is 17.6. The van der Waals surface area contributed by atoms with Crippen molar-refractivity contribution in [2.45, 2.75) is 33.9 Å². The lowest BCUT2D eigenvalue weighted by Crippen LogP contribution is -2.09. The van der Waals surface area contributed by atoms with E-state index in [2.05, 4.69) is 15.9 Å². The Kier molecular flexibility index (Phi) is 10.6. The Labute approximate surface area is 216 Å². The van der Waals surface area contributed by atoms with E-state index in [1.54, 1.807) is 13.8 Å². The summed E-state index contributed by atoms with van der Waals surface area (Å²) in [5.74, 6) is 0. The number of hydrogen-bond acceptors (Lipinski definition) is 6. The largest absolute Gasteiger partial charge is 0.335 e. The van der Waals surface area contributed by atoms with Crippen LogP contribution in [0, 0.1) is 0 Å². The van der Waals surface area contributed by atoms with Gasteiger partial charge in [0.25, 0.3) is 0 Å². The number of fused-ring (bicyclic) bond motifs is 1. The molecule has 0 amide bonds. The SMILES string of the molecule is CCOP(OCC)C(=O)c1cc(-c2ccc(Br)cc2)c2ccccc2c1CP(=O)(OCC)OCC. The minimum atomic E-state index is -3.50. The van der Waals surface area contributed by atoms with E-state index >= 15 is 0 Å². The van der Waals surface area contributed by atoms with E-state index in [4.69, 9.17) is 18.1 Å². The fourth-order valence-electron chi connectivity index (χ4n) is 3.87. The van der Waals surface area contributed by atoms with Crippen LogP contribution in [0.25, 0.3) is 21.9 Å². The lowest BCUT2D eigenvalue weighted by atomic mass is 9.92. The molecular weight excluding hydrogens is 550 g/mol. The molecule has 6 nitrogen and oxygen atoms in total. The number of carbonyl (C=O) groups is 1. The third-order valence-electron chi connectivity index (χ3n) is 5.20. The monoisotopic (exact) mass is 580 g/mol. The molecule has 0 aliphatic heterocycles. The van der Waals surface area contributed by atoms with Crippen LogP contribution in [0.15, 0.2) is 59.1 Å². The van der Waals surface area contributed by atoms with Crippen LogP contribution < -0.4 is 0 Å². The highest BCUT2D eigenvalue weighted by Gasteiger charge is 2.32. The normalized spacial score (nSPS) is 11.9. The van der Waals surface area contributed by atoms with Crippen LogP contribution in [0.1, 0.15) is 43.6 Å². The van der Waals surface area contributed by atoms with Crippen LogP contribution in [0.2, 0.25) is 0 Å². The van der Waals surface area contributed by atoms with E-state index < -0.39 is 16.0 Å². The number of hydrogen-bond donors (Lipinski definition) is 0. The number of halogens is 1. The summed E-state index contributed by atoms with van der Waals surface area (Å²) in [6.45, 7) is 8.36. The first kappa shape index (κ1) is 28.1. The van der Waals surface area contributed by atoms with Gasteiger partial charge in [-0.15, -0.1) is 0 Å². The standard InChI is InChI=1S/C26H31BrO6P2/c1-5-30-34(31-6-2)26(28)24-17-23(19-13-15-20(27)16-14-19)21-11-9-10-12-22(21)25(24)18-35(29,32-7-3)33-8-4/h9-17H,5-8,18H2,1-4H3. The molecule has 3 rings (SSSR count). The molecule has 35 heavy (non-hydrogen) atoms. The van der Waals surface area contributed by atoms with Gasteiger partial charge in [0, 0.05) is 10.0 Å². The van der Waals surface area contributed by atoms with Gasteiger partial charge in [-0.3, -0.25) is 9.36 Å². The molecule has 0 aliphatic carbocycles. The van der Waals surface area contributed by atoms with E-state index in [0.29, 0.717) is 24.3 Å². The molecule has 0 saturated carbocycles. The maximum Gasteiger partial charge on any atom is 0.335 e. The van der Waals surface area contributed by atoms with Crippen molar-refractivity contribution in [1.82, 2.24) is 0 Å². The predicted molar refractivity (Wildman–Crippen MR) is 146 cm³/mol. The fraction of sp³-hybridized carbons (Fsp3) is 0.346. The highest BCUT2D eigenvalue weighted by Crippen LogP contribution is 2.54. The molecule has 0 spiro atoms. The van der Waals surface area contributed by atoms with Gasteiger partial charge in [0.05, 0.1) is 32.6 Å². The third kappa shape index (κ3) is 6.87. The number of benzene rings is 3. The molecule has 0 N–H and O–H groups in total. The van der Waals surface area contributed by atoms with Gasteiger partial charge in [-0.1, -0.05) is 52.3 Å². The van der Waals surface area contributed by atoms with Crippen molar-refractivity contribution in [3.8, 4) is 11.1 Å². The molecule has 0 atom stereocenters. The first-order valence-corrected chi connectivity index (χ1v) is 15.4. The average Bonchev–Trinajstić information content (AvgIpc) is 2.84. The van der Waals surface area contributed by atoms with Crippen LogP contribution in [0.5, 0.6) is 0 Å². The zero-order valence-corrected chi connectivity index (χ0v) is 23.8. The van der Waals surface area contributed by atoms with Gasteiger partial charge < -0.3 is 18.1 Å². The Hall–Kier alpha value is -1.43. The van der Waals surface area contributed by atoms with E-state index in [-0.39, 0.29) is 24.9 Å². The average molecular weight is 581 g/mol. The molecule has 0 unspecified atom stereocenters. The second kappa shape index (κ2) is 13.2. The van der Waals surface area contributed by atoms with Crippen molar-refractivity contribution >= 4 is 48.2 Å². The van der Waals surface area contributed by atoms with Crippen molar-refractivity contribution in [3.05, 3.63) is 70.2 Å². The second-order valence-corrected chi connectivity index (χ2v) is 11.9. The molecule has 9 heteroatoms. The Morgan fingerprint density at radius 1 is 0.857 bits per heavy atom. The number of carbonyl (C=O) groups excluding carboxylic acids is 1. The topological polar surface area (TPSA) is 71.1 Å². The van der Waals surface area contributed by atoms with Crippen molar-refractivity contribution in [3.63, 3.8) is 0 Å². The van der Waals surface area contributed by atoms with Crippen molar-refractivity contribution in [2.24, 2.45) is 0 Å². The molecule has 188 valence electrons. The highest BCUT2D eigenvalue weighted by molar-refractivity contribution is 9.10.